The van der Waals surface area contributed by atoms with Gasteiger partial charge in [0.25, 0.3) is 0 Å². The van der Waals surface area contributed by atoms with Gasteiger partial charge in [-0.15, -0.1) is 21.5 Å². The van der Waals surface area contributed by atoms with Gasteiger partial charge < -0.3 is 4.90 Å². The van der Waals surface area contributed by atoms with Gasteiger partial charge in [0.15, 0.2) is 17.5 Å². The minimum Gasteiger partial charge on any atom is -0.341 e. The van der Waals surface area contributed by atoms with Gasteiger partial charge in [0, 0.05) is 17.6 Å². The van der Waals surface area contributed by atoms with Crippen molar-refractivity contribution in [2.24, 2.45) is 5.92 Å². The average molecular weight is 434 g/mol. The van der Waals surface area contributed by atoms with Crippen molar-refractivity contribution in [1.29, 1.82) is 0 Å². The minimum atomic E-state index is 0.135. The third-order valence-electron chi connectivity index (χ3n) is 6.39. The Labute approximate surface area is 183 Å². The van der Waals surface area contributed by atoms with E-state index in [1.165, 1.54) is 12.8 Å². The van der Waals surface area contributed by atoms with E-state index in [1.807, 2.05) is 12.3 Å². The molecule has 2 aliphatic rings. The molecule has 0 spiro atoms. The fourth-order valence-corrected chi connectivity index (χ4v) is 5.32. The zero-order valence-corrected chi connectivity index (χ0v) is 18.5. The van der Waals surface area contributed by atoms with Crippen molar-refractivity contribution in [3.8, 4) is 27.8 Å². The van der Waals surface area contributed by atoms with Gasteiger partial charge in [-0.2, -0.15) is 5.10 Å². The van der Waals surface area contributed by atoms with Gasteiger partial charge in [-0.3, -0.25) is 9.67 Å². The zero-order chi connectivity index (χ0) is 21.1. The van der Waals surface area contributed by atoms with Crippen molar-refractivity contribution < 1.29 is 0 Å². The Morgan fingerprint density at radius 2 is 2.16 bits per heavy atom. The highest BCUT2D eigenvalue weighted by atomic mass is 32.1. The maximum absolute atomic E-state index is 5.13. The zero-order valence-electron chi connectivity index (χ0n) is 17.6. The molecule has 0 amide bonds. The number of hydrogen-bond donors (Lipinski definition) is 1. The van der Waals surface area contributed by atoms with Gasteiger partial charge in [-0.1, -0.05) is 6.92 Å². The van der Waals surface area contributed by atoms with Crippen LogP contribution < -0.4 is 4.90 Å². The lowest BCUT2D eigenvalue weighted by Gasteiger charge is -2.41. The molecule has 10 heteroatoms. The molecule has 158 valence electrons. The van der Waals surface area contributed by atoms with Crippen molar-refractivity contribution in [3.63, 3.8) is 0 Å². The summed E-state index contributed by atoms with van der Waals surface area (Å²) in [6, 6.07) is 0.509. The number of nitrogens with zero attached hydrogens (tertiary/aromatic N) is 8. The number of anilines is 1. The Bertz CT molecular complexity index is 1240. The topological polar surface area (TPSA) is 101 Å². The summed E-state index contributed by atoms with van der Waals surface area (Å²) >= 11 is 1.57. The summed E-state index contributed by atoms with van der Waals surface area (Å²) in [4.78, 5) is 16.9. The van der Waals surface area contributed by atoms with E-state index in [-0.39, 0.29) is 6.04 Å². The molecule has 0 bridgehead atoms. The second-order valence-corrected chi connectivity index (χ2v) is 9.16. The van der Waals surface area contributed by atoms with Gasteiger partial charge in [-0.25, -0.2) is 15.0 Å². The number of H-pyrrole nitrogens is 1. The molecule has 1 aliphatic heterocycles. The molecule has 0 radical (unpaired) electrons. The van der Waals surface area contributed by atoms with Crippen LogP contribution in [-0.4, -0.2) is 46.0 Å². The summed E-state index contributed by atoms with van der Waals surface area (Å²) in [7, 11) is 0. The highest BCUT2D eigenvalue weighted by Gasteiger charge is 2.42. The highest BCUT2D eigenvalue weighted by molar-refractivity contribution is 7.13. The molecule has 1 fully saturated rings. The number of thiazole rings is 1. The normalized spacial score (nSPS) is 18.7. The smallest absolute Gasteiger partial charge is 0.165 e. The van der Waals surface area contributed by atoms with Gasteiger partial charge in [0.2, 0.25) is 0 Å². The molecule has 6 rings (SSSR count). The Morgan fingerprint density at radius 1 is 1.29 bits per heavy atom. The van der Waals surface area contributed by atoms with Crippen molar-refractivity contribution in [3.05, 3.63) is 35.6 Å². The van der Waals surface area contributed by atoms with Crippen LogP contribution in [-0.2, 0) is 0 Å². The predicted octanol–water partition coefficient (Wildman–Crippen LogP) is 3.95. The number of aromatic nitrogens is 8. The number of nitrogens with one attached hydrogen (secondary N) is 1. The van der Waals surface area contributed by atoms with Crippen LogP contribution in [0.5, 0.6) is 0 Å². The predicted molar refractivity (Wildman–Crippen MR) is 118 cm³/mol. The summed E-state index contributed by atoms with van der Waals surface area (Å²) in [5, 5.41) is 18.9. The standard InChI is InChI=1S/C21H23N9S/c1-4-15-19-28-24-10-29(19)17-11(2)25-18(26-20(17)30(15)12(3)13-5-6-13)14-9-23-27-16(14)21-22-7-8-31-21/h7-10,12-13,15H,4-6H2,1-3H3,(H,23,27)/t12?,15-/m1/s1. The first-order valence-electron chi connectivity index (χ1n) is 10.7. The Balaban J connectivity index is 1.56. The van der Waals surface area contributed by atoms with Crippen LogP contribution in [0.1, 0.15) is 50.7 Å². The van der Waals surface area contributed by atoms with Gasteiger partial charge in [0.05, 0.1) is 23.5 Å². The van der Waals surface area contributed by atoms with Crippen LogP contribution >= 0.6 is 11.3 Å². The Hall–Kier alpha value is -3.14. The molecule has 9 nitrogen and oxygen atoms in total. The Morgan fingerprint density at radius 3 is 2.90 bits per heavy atom. The van der Waals surface area contributed by atoms with E-state index in [0.717, 1.165) is 45.7 Å². The minimum absolute atomic E-state index is 0.135. The fraction of sp³-hybridized carbons (Fsp3) is 0.429. The third kappa shape index (κ3) is 2.81. The van der Waals surface area contributed by atoms with Crippen LogP contribution in [0.15, 0.2) is 24.1 Å². The van der Waals surface area contributed by atoms with Gasteiger partial charge >= 0.3 is 0 Å². The van der Waals surface area contributed by atoms with Gasteiger partial charge in [-0.05, 0) is 39.0 Å². The summed E-state index contributed by atoms with van der Waals surface area (Å²) < 4.78 is 2.07. The average Bonchev–Trinajstić information content (AvgIpc) is 3.17. The molecule has 4 aromatic heterocycles. The second-order valence-electron chi connectivity index (χ2n) is 8.27. The van der Waals surface area contributed by atoms with Crippen molar-refractivity contribution in [2.45, 2.75) is 52.1 Å². The molecular formula is C21H23N9S. The van der Waals surface area contributed by atoms with E-state index in [2.05, 4.69) is 48.7 Å². The lowest BCUT2D eigenvalue weighted by atomic mass is 10.0. The van der Waals surface area contributed by atoms with Crippen LogP contribution in [0.25, 0.3) is 27.8 Å². The molecule has 4 aromatic rings. The summed E-state index contributed by atoms with van der Waals surface area (Å²) in [5.74, 6) is 3.27. The van der Waals surface area contributed by atoms with Crippen LogP contribution in [0.3, 0.4) is 0 Å². The number of fused-ring (bicyclic) bond motifs is 3. The SMILES string of the molecule is CC[C@@H]1c2nncn2-c2c(C)nc(-c3cn[nH]c3-c3nccs3)nc2N1C(C)C1CC1. The lowest BCUT2D eigenvalue weighted by Crippen LogP contribution is -2.43. The first-order chi connectivity index (χ1) is 15.2. The maximum atomic E-state index is 5.13. The molecule has 5 heterocycles. The number of aromatic amines is 1. The summed E-state index contributed by atoms with van der Waals surface area (Å²) in [6.07, 6.45) is 8.83. The van der Waals surface area contributed by atoms with Gasteiger partial charge in [0.1, 0.15) is 22.7 Å². The molecule has 1 saturated carbocycles. The number of hydrogen-bond acceptors (Lipinski definition) is 8. The van der Waals surface area contributed by atoms with E-state index < -0.39 is 0 Å². The number of aryl methyl sites for hydroxylation is 1. The van der Waals surface area contributed by atoms with Crippen molar-refractivity contribution >= 4 is 17.2 Å². The largest absolute Gasteiger partial charge is 0.341 e. The van der Waals surface area contributed by atoms with Crippen molar-refractivity contribution in [2.75, 3.05) is 4.90 Å². The third-order valence-corrected chi connectivity index (χ3v) is 7.18. The molecule has 1 aliphatic carbocycles. The van der Waals surface area contributed by atoms with E-state index in [1.54, 1.807) is 30.1 Å². The summed E-state index contributed by atoms with van der Waals surface area (Å²) in [6.45, 7) is 6.54. The molecule has 31 heavy (non-hydrogen) atoms. The number of rotatable bonds is 5. The van der Waals surface area contributed by atoms with Crippen LogP contribution in [0.2, 0.25) is 0 Å². The maximum Gasteiger partial charge on any atom is 0.165 e. The monoisotopic (exact) mass is 433 g/mol. The van der Waals surface area contributed by atoms with E-state index in [4.69, 9.17) is 9.97 Å². The van der Waals surface area contributed by atoms with Crippen LogP contribution in [0.4, 0.5) is 5.82 Å². The molecule has 0 aromatic carbocycles. The first kappa shape index (κ1) is 18.6. The van der Waals surface area contributed by atoms with Crippen molar-refractivity contribution in [1.82, 2.24) is 39.9 Å². The Kier molecular flexibility index (Phi) is 4.17. The molecule has 1 N–H and O–H groups in total. The molecule has 0 saturated heterocycles. The molecular weight excluding hydrogens is 410 g/mol. The quantitative estimate of drug-likeness (QED) is 0.508. The van der Waals surface area contributed by atoms with E-state index in [9.17, 15) is 0 Å². The van der Waals surface area contributed by atoms with E-state index >= 15 is 0 Å². The van der Waals surface area contributed by atoms with E-state index in [0.29, 0.717) is 17.8 Å². The lowest BCUT2D eigenvalue weighted by molar-refractivity contribution is 0.454. The highest BCUT2D eigenvalue weighted by Crippen LogP contribution is 2.46. The first-order valence-corrected chi connectivity index (χ1v) is 11.6. The molecule has 1 unspecified atom stereocenters. The summed E-state index contributed by atoms with van der Waals surface area (Å²) in [5.41, 5.74) is 3.58. The van der Waals surface area contributed by atoms with Crippen LogP contribution in [0, 0.1) is 12.8 Å². The molecule has 2 atom stereocenters. The fourth-order valence-electron chi connectivity index (χ4n) is 4.68. The second kappa shape index (κ2) is 6.94.